The van der Waals surface area contributed by atoms with Crippen LogP contribution in [-0.4, -0.2) is 34.0 Å². The summed E-state index contributed by atoms with van der Waals surface area (Å²) in [5, 5.41) is 9.40. The zero-order valence-corrected chi connectivity index (χ0v) is 12.4. The number of aromatic nitrogens is 1. The lowest BCUT2D eigenvalue weighted by Gasteiger charge is -2.07. The van der Waals surface area contributed by atoms with Crippen LogP contribution in [0.2, 0.25) is 0 Å². The Hall–Kier alpha value is -1.37. The summed E-state index contributed by atoms with van der Waals surface area (Å²) in [5.74, 6) is 1.27. The number of hydrogen-bond donors (Lipinski definition) is 2. The zero-order valence-electron chi connectivity index (χ0n) is 11.6. The molecule has 0 saturated heterocycles. The molecule has 7 heteroatoms. The molecule has 0 aliphatic carbocycles. The van der Waals surface area contributed by atoms with Gasteiger partial charge in [-0.25, -0.2) is 4.79 Å². The predicted molar refractivity (Wildman–Crippen MR) is 74.4 cm³/mol. The average Bonchev–Trinajstić information content (AvgIpc) is 2.77. The van der Waals surface area contributed by atoms with Crippen LogP contribution in [0.15, 0.2) is 4.52 Å². The Balaban J connectivity index is 2.45. The van der Waals surface area contributed by atoms with Gasteiger partial charge in [0, 0.05) is 47.9 Å². The fourth-order valence-electron chi connectivity index (χ4n) is 1.68. The highest BCUT2D eigenvalue weighted by atomic mass is 32.2. The molecule has 0 unspecified atom stereocenters. The van der Waals surface area contributed by atoms with E-state index in [2.05, 4.69) is 15.8 Å². The van der Waals surface area contributed by atoms with Crippen molar-refractivity contribution in [2.45, 2.75) is 33.2 Å². The minimum absolute atomic E-state index is 0.268. The molecule has 2 amide bonds. The summed E-state index contributed by atoms with van der Waals surface area (Å²) >= 11 is 0. The summed E-state index contributed by atoms with van der Waals surface area (Å²) in [5.41, 5.74) is 1.84. The Kier molecular flexibility index (Phi) is 6.55. The summed E-state index contributed by atoms with van der Waals surface area (Å²) in [6.07, 6.45) is 3.13. The molecule has 1 aromatic rings. The van der Waals surface area contributed by atoms with E-state index in [9.17, 15) is 9.00 Å². The molecule has 0 aliphatic heterocycles. The normalized spacial score (nSPS) is 12.2. The van der Waals surface area contributed by atoms with Gasteiger partial charge in [0.1, 0.15) is 5.76 Å². The molecule has 1 rings (SSSR count). The first-order valence-electron chi connectivity index (χ1n) is 6.36. The molecule has 0 saturated carbocycles. The van der Waals surface area contributed by atoms with Crippen molar-refractivity contribution in [2.24, 2.45) is 0 Å². The Morgan fingerprint density at radius 1 is 1.32 bits per heavy atom. The topological polar surface area (TPSA) is 84.2 Å². The number of nitrogens with zero attached hydrogens (tertiary/aromatic N) is 1. The zero-order chi connectivity index (χ0) is 14.3. The first-order valence-corrected chi connectivity index (χ1v) is 8.09. The summed E-state index contributed by atoms with van der Waals surface area (Å²) in [6, 6.07) is -0.268. The first kappa shape index (κ1) is 15.7. The van der Waals surface area contributed by atoms with E-state index < -0.39 is 10.8 Å². The summed E-state index contributed by atoms with van der Waals surface area (Å²) < 4.78 is 16.1. The average molecular weight is 287 g/mol. The number of carbonyl (C=O) groups excluding carboxylic acids is 1. The van der Waals surface area contributed by atoms with Crippen LogP contribution in [0.5, 0.6) is 0 Å². The minimum atomic E-state index is -0.893. The van der Waals surface area contributed by atoms with Crippen molar-refractivity contribution in [3.05, 3.63) is 17.0 Å². The SMILES string of the molecule is CCc1noc(CC)c1CNC(=O)NCC[S@](C)=O. The number of rotatable bonds is 7. The molecule has 108 valence electrons. The van der Waals surface area contributed by atoms with Crippen LogP contribution >= 0.6 is 0 Å². The molecule has 6 nitrogen and oxygen atoms in total. The molecule has 1 atom stereocenters. The quantitative estimate of drug-likeness (QED) is 0.783. The molecule has 0 radical (unpaired) electrons. The van der Waals surface area contributed by atoms with Crippen molar-refractivity contribution in [1.29, 1.82) is 0 Å². The van der Waals surface area contributed by atoms with Gasteiger partial charge in [0.15, 0.2) is 0 Å². The Labute approximate surface area is 115 Å². The molecule has 1 aromatic heterocycles. The van der Waals surface area contributed by atoms with Crippen molar-refractivity contribution < 1.29 is 13.5 Å². The van der Waals surface area contributed by atoms with Gasteiger partial charge in [-0.3, -0.25) is 4.21 Å². The first-order chi connectivity index (χ1) is 9.08. The third-order valence-corrected chi connectivity index (χ3v) is 3.49. The molecule has 19 heavy (non-hydrogen) atoms. The Bertz CT molecular complexity index is 424. The Morgan fingerprint density at radius 2 is 2.05 bits per heavy atom. The van der Waals surface area contributed by atoms with E-state index in [1.54, 1.807) is 6.26 Å². The molecular weight excluding hydrogens is 266 g/mol. The van der Waals surface area contributed by atoms with E-state index in [0.717, 1.165) is 29.9 Å². The molecule has 0 aromatic carbocycles. The third kappa shape index (κ3) is 5.02. The van der Waals surface area contributed by atoms with Crippen LogP contribution in [0.25, 0.3) is 0 Å². The smallest absolute Gasteiger partial charge is 0.315 e. The molecule has 0 aliphatic rings. The highest BCUT2D eigenvalue weighted by molar-refractivity contribution is 7.84. The van der Waals surface area contributed by atoms with Gasteiger partial charge in [0.25, 0.3) is 0 Å². The van der Waals surface area contributed by atoms with Crippen molar-refractivity contribution in [3.63, 3.8) is 0 Å². The maximum atomic E-state index is 11.5. The lowest BCUT2D eigenvalue weighted by Crippen LogP contribution is -2.37. The van der Waals surface area contributed by atoms with Crippen LogP contribution < -0.4 is 10.6 Å². The molecule has 1 heterocycles. The van der Waals surface area contributed by atoms with Gasteiger partial charge in [-0.1, -0.05) is 19.0 Å². The van der Waals surface area contributed by atoms with Gasteiger partial charge < -0.3 is 15.2 Å². The standard InChI is InChI=1S/C12H21N3O3S/c1-4-10-9(11(5-2)18-15-10)8-14-12(16)13-6-7-19(3)17/h4-8H2,1-3H3,(H2,13,14,16)/t19-/m0/s1. The fourth-order valence-corrected chi connectivity index (χ4v) is 2.07. The van der Waals surface area contributed by atoms with Gasteiger partial charge >= 0.3 is 6.03 Å². The number of hydrogen-bond acceptors (Lipinski definition) is 4. The van der Waals surface area contributed by atoms with Gasteiger partial charge in [-0.15, -0.1) is 0 Å². The van der Waals surface area contributed by atoms with Gasteiger partial charge in [-0.2, -0.15) is 0 Å². The number of nitrogens with one attached hydrogen (secondary N) is 2. The summed E-state index contributed by atoms with van der Waals surface area (Å²) in [7, 11) is -0.893. The summed E-state index contributed by atoms with van der Waals surface area (Å²) in [6.45, 7) is 4.79. The van der Waals surface area contributed by atoms with E-state index in [1.807, 2.05) is 13.8 Å². The van der Waals surface area contributed by atoms with Crippen molar-refractivity contribution in [2.75, 3.05) is 18.6 Å². The van der Waals surface area contributed by atoms with Crippen LogP contribution in [0, 0.1) is 0 Å². The van der Waals surface area contributed by atoms with Crippen LogP contribution in [0.4, 0.5) is 4.79 Å². The summed E-state index contributed by atoms with van der Waals surface area (Å²) in [4.78, 5) is 11.5. The molecular formula is C12H21N3O3S. The molecule has 0 bridgehead atoms. The highest BCUT2D eigenvalue weighted by Gasteiger charge is 2.13. The van der Waals surface area contributed by atoms with E-state index in [0.29, 0.717) is 18.8 Å². The van der Waals surface area contributed by atoms with Crippen molar-refractivity contribution >= 4 is 16.8 Å². The number of aryl methyl sites for hydroxylation is 2. The van der Waals surface area contributed by atoms with Crippen molar-refractivity contribution in [3.8, 4) is 0 Å². The Morgan fingerprint density at radius 3 is 2.63 bits per heavy atom. The van der Waals surface area contributed by atoms with Crippen LogP contribution in [-0.2, 0) is 30.2 Å². The number of amides is 2. The van der Waals surface area contributed by atoms with Gasteiger partial charge in [0.05, 0.1) is 5.69 Å². The minimum Gasteiger partial charge on any atom is -0.361 e. The van der Waals surface area contributed by atoms with Gasteiger partial charge in [-0.05, 0) is 6.42 Å². The second kappa shape index (κ2) is 7.93. The second-order valence-corrected chi connectivity index (χ2v) is 5.68. The van der Waals surface area contributed by atoms with E-state index >= 15 is 0 Å². The third-order valence-electron chi connectivity index (χ3n) is 2.71. The maximum Gasteiger partial charge on any atom is 0.315 e. The monoisotopic (exact) mass is 287 g/mol. The van der Waals surface area contributed by atoms with Gasteiger partial charge in [0.2, 0.25) is 0 Å². The molecule has 0 spiro atoms. The van der Waals surface area contributed by atoms with E-state index in [4.69, 9.17) is 4.52 Å². The van der Waals surface area contributed by atoms with E-state index in [-0.39, 0.29) is 6.03 Å². The second-order valence-electron chi connectivity index (χ2n) is 4.12. The fraction of sp³-hybridized carbons (Fsp3) is 0.667. The van der Waals surface area contributed by atoms with E-state index in [1.165, 1.54) is 0 Å². The predicted octanol–water partition coefficient (Wildman–Crippen LogP) is 0.977. The number of carbonyl (C=O) groups is 1. The highest BCUT2D eigenvalue weighted by Crippen LogP contribution is 2.15. The number of urea groups is 1. The lowest BCUT2D eigenvalue weighted by atomic mass is 10.1. The van der Waals surface area contributed by atoms with Crippen molar-refractivity contribution in [1.82, 2.24) is 15.8 Å². The molecule has 2 N–H and O–H groups in total. The van der Waals surface area contributed by atoms with Crippen LogP contribution in [0.3, 0.4) is 0 Å². The largest absolute Gasteiger partial charge is 0.361 e. The maximum absolute atomic E-state index is 11.5. The molecule has 0 fully saturated rings. The van der Waals surface area contributed by atoms with Crippen LogP contribution in [0.1, 0.15) is 30.9 Å². The lowest BCUT2D eigenvalue weighted by molar-refractivity contribution is 0.241.